The molecule has 4 heteroatoms. The van der Waals surface area contributed by atoms with Gasteiger partial charge in [-0.25, -0.2) is 0 Å². The molecule has 0 aromatic heterocycles. The first kappa shape index (κ1) is 17.0. The first-order valence-corrected chi connectivity index (χ1v) is 9.57. The van der Waals surface area contributed by atoms with Crippen molar-refractivity contribution >= 4 is 5.78 Å². The fourth-order valence-corrected chi connectivity index (χ4v) is 6.61. The second kappa shape index (κ2) is 4.83. The van der Waals surface area contributed by atoms with Gasteiger partial charge in [-0.3, -0.25) is 4.79 Å². The number of aliphatic hydroxyl groups excluding tert-OH is 1. The second-order valence-corrected chi connectivity index (χ2v) is 10.00. The van der Waals surface area contributed by atoms with Gasteiger partial charge in [-0.15, -0.1) is 0 Å². The Hall–Kier alpha value is -0.450. The zero-order chi connectivity index (χ0) is 17.5. The predicted molar refractivity (Wildman–Crippen MR) is 90.6 cm³/mol. The number of hydrogen-bond acceptors (Lipinski definition) is 4. The average Bonchev–Trinajstić information content (AvgIpc) is 3.31. The third-order valence-corrected chi connectivity index (χ3v) is 8.31. The molecule has 4 aliphatic rings. The third kappa shape index (κ3) is 2.05. The Kier molecular flexibility index (Phi) is 3.42. The van der Waals surface area contributed by atoms with Crippen LogP contribution in [0.4, 0.5) is 0 Å². The molecular formula is C20H32O4. The summed E-state index contributed by atoms with van der Waals surface area (Å²) in [5, 5.41) is 10.6. The zero-order valence-corrected chi connectivity index (χ0v) is 15.7. The summed E-state index contributed by atoms with van der Waals surface area (Å²) in [6, 6.07) is 0. The van der Waals surface area contributed by atoms with Crippen LogP contribution in [0.1, 0.15) is 66.7 Å². The highest BCUT2D eigenvalue weighted by Gasteiger charge is 2.67. The molecule has 7 atom stereocenters. The lowest BCUT2D eigenvalue weighted by Gasteiger charge is -2.65. The number of fused-ring (bicyclic) bond motifs is 3. The minimum Gasteiger partial charge on any atom is -0.393 e. The van der Waals surface area contributed by atoms with E-state index in [9.17, 15) is 9.90 Å². The summed E-state index contributed by atoms with van der Waals surface area (Å²) in [5.41, 5.74) is -1.08. The van der Waals surface area contributed by atoms with Crippen molar-refractivity contribution in [1.82, 2.24) is 0 Å². The van der Waals surface area contributed by atoms with Crippen molar-refractivity contribution in [2.24, 2.45) is 22.7 Å². The maximum Gasteiger partial charge on any atom is 0.167 e. The molecule has 0 unspecified atom stereocenters. The smallest absolute Gasteiger partial charge is 0.167 e. The number of carbonyl (C=O) groups is 1. The molecule has 24 heavy (non-hydrogen) atoms. The third-order valence-electron chi connectivity index (χ3n) is 8.31. The average molecular weight is 336 g/mol. The van der Waals surface area contributed by atoms with Gasteiger partial charge >= 0.3 is 0 Å². The van der Waals surface area contributed by atoms with Gasteiger partial charge in [-0.1, -0.05) is 20.8 Å². The lowest BCUT2D eigenvalue weighted by Crippen LogP contribution is -2.67. The van der Waals surface area contributed by atoms with Gasteiger partial charge in [0.1, 0.15) is 6.10 Å². The van der Waals surface area contributed by atoms with Gasteiger partial charge in [0.05, 0.1) is 18.3 Å². The molecule has 0 aromatic carbocycles. The first-order chi connectivity index (χ1) is 11.0. The van der Waals surface area contributed by atoms with Crippen molar-refractivity contribution in [3.05, 3.63) is 0 Å². The van der Waals surface area contributed by atoms with Gasteiger partial charge in [0.2, 0.25) is 0 Å². The van der Waals surface area contributed by atoms with E-state index in [0.29, 0.717) is 18.9 Å². The number of rotatable bonds is 1. The van der Waals surface area contributed by atoms with Crippen LogP contribution in [-0.2, 0) is 14.3 Å². The number of hydrogen-bond donors (Lipinski definition) is 1. The van der Waals surface area contributed by atoms with E-state index in [0.717, 1.165) is 25.7 Å². The van der Waals surface area contributed by atoms with E-state index < -0.39 is 5.60 Å². The van der Waals surface area contributed by atoms with Crippen molar-refractivity contribution < 1.29 is 19.4 Å². The number of ether oxygens (including phenoxy) is 2. The fraction of sp³-hybridized carbons (Fsp3) is 0.950. The van der Waals surface area contributed by atoms with E-state index in [2.05, 4.69) is 27.7 Å². The van der Waals surface area contributed by atoms with Crippen LogP contribution in [0, 0.1) is 22.7 Å². The topological polar surface area (TPSA) is 59.1 Å². The molecule has 0 spiro atoms. The van der Waals surface area contributed by atoms with Crippen molar-refractivity contribution in [2.75, 3.05) is 6.61 Å². The molecule has 0 bridgehead atoms. The molecule has 2 saturated heterocycles. The zero-order valence-electron chi connectivity index (χ0n) is 15.7. The molecule has 136 valence electrons. The molecule has 4 nitrogen and oxygen atoms in total. The molecule has 2 aliphatic carbocycles. The highest BCUT2D eigenvalue weighted by molar-refractivity contribution is 5.89. The number of ketones is 1. The Morgan fingerprint density at radius 1 is 1.04 bits per heavy atom. The molecule has 4 fully saturated rings. The van der Waals surface area contributed by atoms with Crippen LogP contribution < -0.4 is 0 Å². The van der Waals surface area contributed by atoms with E-state index >= 15 is 0 Å². The Bertz CT molecular complexity index is 568. The lowest BCUT2D eigenvalue weighted by molar-refractivity contribution is -0.263. The van der Waals surface area contributed by atoms with Crippen LogP contribution in [0.25, 0.3) is 0 Å². The van der Waals surface area contributed by atoms with E-state index in [1.54, 1.807) is 0 Å². The number of carbonyl (C=O) groups excluding carboxylic acids is 1. The van der Waals surface area contributed by atoms with Crippen LogP contribution in [-0.4, -0.2) is 40.9 Å². The largest absolute Gasteiger partial charge is 0.393 e. The van der Waals surface area contributed by atoms with Crippen LogP contribution in [0.2, 0.25) is 0 Å². The summed E-state index contributed by atoms with van der Waals surface area (Å²) in [7, 11) is 0. The van der Waals surface area contributed by atoms with Crippen molar-refractivity contribution in [3.63, 3.8) is 0 Å². The van der Waals surface area contributed by atoms with E-state index in [-0.39, 0.29) is 40.3 Å². The summed E-state index contributed by atoms with van der Waals surface area (Å²) in [6.45, 7) is 11.5. The molecule has 0 radical (unpaired) electrons. The maximum atomic E-state index is 13.0. The van der Waals surface area contributed by atoms with Gasteiger partial charge in [0.15, 0.2) is 11.4 Å². The molecule has 0 amide bonds. The lowest BCUT2D eigenvalue weighted by atomic mass is 9.43. The Morgan fingerprint density at radius 3 is 2.33 bits per heavy atom. The van der Waals surface area contributed by atoms with Crippen molar-refractivity contribution in [3.8, 4) is 0 Å². The highest BCUT2D eigenvalue weighted by atomic mass is 16.6. The molecule has 1 N–H and O–H groups in total. The minimum atomic E-state index is -0.766. The fourth-order valence-electron chi connectivity index (χ4n) is 6.61. The van der Waals surface area contributed by atoms with E-state index in [1.807, 2.05) is 6.92 Å². The summed E-state index contributed by atoms with van der Waals surface area (Å²) in [6.07, 6.45) is 4.11. The highest BCUT2D eigenvalue weighted by Crippen LogP contribution is 2.65. The second-order valence-electron chi connectivity index (χ2n) is 10.00. The number of epoxide rings is 1. The normalized spacial score (nSPS) is 56.3. The van der Waals surface area contributed by atoms with E-state index in [1.165, 1.54) is 0 Å². The SMILES string of the molecule is CC1(C)[C@H](O)CC[C@]2(C)[C@@H]1CC[C@]1(C)O[C@@](C)([C@H]3CO3)C(=O)C[C@@H]21. The molecule has 4 rings (SSSR count). The molecule has 2 aliphatic heterocycles. The van der Waals surface area contributed by atoms with Gasteiger partial charge in [-0.2, -0.15) is 0 Å². The molecular weight excluding hydrogens is 304 g/mol. The monoisotopic (exact) mass is 336 g/mol. The Balaban J connectivity index is 1.70. The van der Waals surface area contributed by atoms with Crippen LogP contribution >= 0.6 is 0 Å². The molecule has 0 aromatic rings. The maximum absolute atomic E-state index is 13.0. The van der Waals surface area contributed by atoms with Gasteiger partial charge in [0.25, 0.3) is 0 Å². The summed E-state index contributed by atoms with van der Waals surface area (Å²) < 4.78 is 12.0. The molecule has 2 saturated carbocycles. The quantitative estimate of drug-likeness (QED) is 0.748. The minimum absolute atomic E-state index is 0.0527. The van der Waals surface area contributed by atoms with Gasteiger partial charge in [0, 0.05) is 12.3 Å². The molecule has 2 heterocycles. The summed E-state index contributed by atoms with van der Waals surface area (Å²) >= 11 is 0. The summed E-state index contributed by atoms with van der Waals surface area (Å²) in [4.78, 5) is 13.0. The van der Waals surface area contributed by atoms with Crippen molar-refractivity contribution in [1.29, 1.82) is 0 Å². The van der Waals surface area contributed by atoms with Crippen molar-refractivity contribution in [2.45, 2.75) is 90.1 Å². The van der Waals surface area contributed by atoms with Gasteiger partial charge in [-0.05, 0) is 56.3 Å². The Labute approximate surface area is 145 Å². The first-order valence-electron chi connectivity index (χ1n) is 9.57. The predicted octanol–water partition coefficient (Wildman–Crippen LogP) is 3.11. The standard InChI is InChI=1S/C20H32O4/c1-17(2)12-6-9-19(4)13(18(12,3)8-7-14(17)21)10-15(22)20(5,24-19)16-11-23-16/h12-14,16,21H,6-11H2,1-5H3/t12-,13+,14-,16-,18-,19+,20-/m1/s1. The number of aliphatic hydroxyl groups is 1. The van der Waals surface area contributed by atoms with Crippen LogP contribution in [0.5, 0.6) is 0 Å². The van der Waals surface area contributed by atoms with Crippen LogP contribution in [0.3, 0.4) is 0 Å². The van der Waals surface area contributed by atoms with Gasteiger partial charge < -0.3 is 14.6 Å². The van der Waals surface area contributed by atoms with Crippen LogP contribution in [0.15, 0.2) is 0 Å². The Morgan fingerprint density at radius 2 is 1.71 bits per heavy atom. The van der Waals surface area contributed by atoms with E-state index in [4.69, 9.17) is 9.47 Å². The number of Topliss-reactive ketones (excluding diaryl/α,β-unsaturated/α-hetero) is 1. The summed E-state index contributed by atoms with van der Waals surface area (Å²) in [5.74, 6) is 0.873.